The number of carbonyl (C=O) groups is 1. The summed E-state index contributed by atoms with van der Waals surface area (Å²) >= 11 is 3.12. The van der Waals surface area contributed by atoms with Crippen molar-refractivity contribution in [1.82, 2.24) is 25.9 Å². The largest absolute Gasteiger partial charge is 0.345 e. The minimum atomic E-state index is -0.411. The third-order valence-corrected chi connectivity index (χ3v) is 2.63. The van der Waals surface area contributed by atoms with Gasteiger partial charge in [-0.3, -0.25) is 4.79 Å². The van der Waals surface area contributed by atoms with E-state index in [1.165, 1.54) is 18.2 Å². The molecule has 0 aliphatic heterocycles. The Bertz CT molecular complexity index is 530. The molecule has 1 aromatic heterocycles. The fourth-order valence-corrected chi connectivity index (χ4v) is 1.72. The fourth-order valence-electron chi connectivity index (χ4n) is 1.19. The summed E-state index contributed by atoms with van der Waals surface area (Å²) in [4.78, 5) is 11.7. The van der Waals surface area contributed by atoms with Gasteiger partial charge in [-0.2, -0.15) is 5.21 Å². The number of nitrogens with one attached hydrogen (secondary N) is 2. The van der Waals surface area contributed by atoms with Crippen LogP contribution < -0.4 is 5.32 Å². The Morgan fingerprint density at radius 1 is 1.53 bits per heavy atom. The molecule has 0 fully saturated rings. The molecule has 0 saturated heterocycles. The maximum atomic E-state index is 12.8. The number of hydrogen-bond acceptors (Lipinski definition) is 4. The van der Waals surface area contributed by atoms with Crippen LogP contribution in [-0.4, -0.2) is 26.5 Å². The van der Waals surface area contributed by atoms with Gasteiger partial charge in [0.15, 0.2) is 5.82 Å². The molecule has 8 heteroatoms. The Hall–Kier alpha value is -1.83. The number of amides is 1. The van der Waals surface area contributed by atoms with Crippen LogP contribution in [0.1, 0.15) is 16.2 Å². The molecule has 1 amide bonds. The first kappa shape index (κ1) is 11.6. The van der Waals surface area contributed by atoms with E-state index in [1.807, 2.05) is 0 Å². The molecule has 0 bridgehead atoms. The normalized spacial score (nSPS) is 10.2. The van der Waals surface area contributed by atoms with Crippen molar-refractivity contribution in [2.45, 2.75) is 6.54 Å². The van der Waals surface area contributed by atoms with Gasteiger partial charge >= 0.3 is 0 Å². The van der Waals surface area contributed by atoms with Gasteiger partial charge in [0.05, 0.1) is 12.1 Å². The standard InChI is InChI=1S/C9H7BrFN5O/c10-7-3-5(11)1-2-6(7)9(17)12-4-8-13-15-16-14-8/h1-3H,4H2,(H,12,17)(H,13,14,15,16). The lowest BCUT2D eigenvalue weighted by atomic mass is 10.2. The third-order valence-electron chi connectivity index (χ3n) is 1.97. The SMILES string of the molecule is O=C(NCc1nn[nH]n1)c1ccc(F)cc1Br. The van der Waals surface area contributed by atoms with Crippen molar-refractivity contribution in [1.29, 1.82) is 0 Å². The van der Waals surface area contributed by atoms with E-state index >= 15 is 0 Å². The highest BCUT2D eigenvalue weighted by Crippen LogP contribution is 2.17. The van der Waals surface area contributed by atoms with Crippen molar-refractivity contribution in [2.24, 2.45) is 0 Å². The molecule has 17 heavy (non-hydrogen) atoms. The zero-order valence-electron chi connectivity index (χ0n) is 8.44. The first-order valence-electron chi connectivity index (χ1n) is 4.62. The van der Waals surface area contributed by atoms with Crippen LogP contribution in [0.2, 0.25) is 0 Å². The van der Waals surface area contributed by atoms with E-state index in [4.69, 9.17) is 0 Å². The van der Waals surface area contributed by atoms with Crippen molar-refractivity contribution >= 4 is 21.8 Å². The van der Waals surface area contributed by atoms with Crippen LogP contribution in [0.4, 0.5) is 4.39 Å². The Balaban J connectivity index is 2.04. The minimum Gasteiger partial charge on any atom is -0.345 e. The summed E-state index contributed by atoms with van der Waals surface area (Å²) < 4.78 is 13.2. The third kappa shape index (κ3) is 2.84. The maximum Gasteiger partial charge on any atom is 0.252 e. The van der Waals surface area contributed by atoms with Crippen LogP contribution in [0.3, 0.4) is 0 Å². The average Bonchev–Trinajstić information content (AvgIpc) is 2.78. The molecule has 6 nitrogen and oxygen atoms in total. The first-order chi connectivity index (χ1) is 8.16. The Morgan fingerprint density at radius 2 is 2.35 bits per heavy atom. The molecule has 0 aliphatic carbocycles. The topological polar surface area (TPSA) is 83.6 Å². The molecule has 2 N–H and O–H groups in total. The van der Waals surface area contributed by atoms with E-state index in [0.717, 1.165) is 0 Å². The van der Waals surface area contributed by atoms with Crippen molar-refractivity contribution in [3.63, 3.8) is 0 Å². The number of aromatic amines is 1. The molecule has 2 aromatic rings. The quantitative estimate of drug-likeness (QED) is 0.887. The maximum absolute atomic E-state index is 12.8. The highest BCUT2D eigenvalue weighted by molar-refractivity contribution is 9.10. The summed E-state index contributed by atoms with van der Waals surface area (Å²) in [6, 6.07) is 3.84. The zero-order valence-corrected chi connectivity index (χ0v) is 10.0. The average molecular weight is 300 g/mol. The lowest BCUT2D eigenvalue weighted by molar-refractivity contribution is 0.0949. The van der Waals surface area contributed by atoms with Crippen LogP contribution in [0.15, 0.2) is 22.7 Å². The second-order valence-electron chi connectivity index (χ2n) is 3.13. The van der Waals surface area contributed by atoms with E-state index in [1.54, 1.807) is 0 Å². The number of carbonyl (C=O) groups excluding carboxylic acids is 1. The van der Waals surface area contributed by atoms with Gasteiger partial charge in [-0.25, -0.2) is 4.39 Å². The van der Waals surface area contributed by atoms with Crippen LogP contribution in [0, 0.1) is 5.82 Å². The van der Waals surface area contributed by atoms with Crippen LogP contribution in [0.5, 0.6) is 0 Å². The summed E-state index contributed by atoms with van der Waals surface area (Å²) in [6.45, 7) is 0.152. The Morgan fingerprint density at radius 3 is 3.00 bits per heavy atom. The number of tetrazole rings is 1. The summed E-state index contributed by atoms with van der Waals surface area (Å²) in [6.07, 6.45) is 0. The van der Waals surface area contributed by atoms with Crippen molar-refractivity contribution in [3.05, 3.63) is 39.9 Å². The van der Waals surface area contributed by atoms with E-state index in [0.29, 0.717) is 15.9 Å². The predicted octanol–water partition coefficient (Wildman–Crippen LogP) is 1.03. The van der Waals surface area contributed by atoms with Gasteiger partial charge in [0.1, 0.15) is 5.82 Å². The zero-order chi connectivity index (χ0) is 12.3. The van der Waals surface area contributed by atoms with E-state index < -0.39 is 5.82 Å². The summed E-state index contributed by atoms with van der Waals surface area (Å²) in [5, 5.41) is 15.6. The van der Waals surface area contributed by atoms with E-state index in [9.17, 15) is 9.18 Å². The number of rotatable bonds is 3. The smallest absolute Gasteiger partial charge is 0.252 e. The number of hydrogen-bond donors (Lipinski definition) is 2. The van der Waals surface area contributed by atoms with Crippen LogP contribution >= 0.6 is 15.9 Å². The molecule has 2 rings (SSSR count). The molecule has 0 unspecified atom stereocenters. The molecule has 0 aliphatic rings. The van der Waals surface area contributed by atoms with Gasteiger partial charge in [-0.1, -0.05) is 5.21 Å². The molecule has 1 heterocycles. The van der Waals surface area contributed by atoms with Crippen molar-refractivity contribution in [3.8, 4) is 0 Å². The molecule has 1 aromatic carbocycles. The van der Waals surface area contributed by atoms with Gasteiger partial charge in [0.2, 0.25) is 0 Å². The number of H-pyrrole nitrogens is 1. The Labute approximate surface area is 104 Å². The summed E-state index contributed by atoms with van der Waals surface area (Å²) in [5.41, 5.74) is 0.342. The Kier molecular flexibility index (Phi) is 3.43. The highest BCUT2D eigenvalue weighted by Gasteiger charge is 2.11. The number of benzene rings is 1. The predicted molar refractivity (Wildman–Crippen MR) is 59.4 cm³/mol. The van der Waals surface area contributed by atoms with Gasteiger partial charge in [0, 0.05) is 4.47 Å². The summed E-state index contributed by atoms with van der Waals surface area (Å²) in [5.74, 6) is -0.384. The molecule has 88 valence electrons. The molecule has 0 saturated carbocycles. The van der Waals surface area contributed by atoms with Gasteiger partial charge < -0.3 is 5.32 Å². The lowest BCUT2D eigenvalue weighted by Gasteiger charge is -2.04. The molecule has 0 spiro atoms. The van der Waals surface area contributed by atoms with Crippen LogP contribution in [0.25, 0.3) is 0 Å². The second kappa shape index (κ2) is 5.00. The monoisotopic (exact) mass is 299 g/mol. The highest BCUT2D eigenvalue weighted by atomic mass is 79.9. The van der Waals surface area contributed by atoms with Crippen molar-refractivity contribution < 1.29 is 9.18 Å². The number of nitrogens with zero attached hydrogens (tertiary/aromatic N) is 3. The number of halogens is 2. The van der Waals surface area contributed by atoms with Gasteiger partial charge in [-0.05, 0) is 34.1 Å². The molecule has 0 atom stereocenters. The number of aromatic nitrogens is 4. The van der Waals surface area contributed by atoms with E-state index in [-0.39, 0.29) is 12.5 Å². The molecule has 0 radical (unpaired) electrons. The minimum absolute atomic E-state index is 0.152. The van der Waals surface area contributed by atoms with E-state index in [2.05, 4.69) is 41.9 Å². The molecular weight excluding hydrogens is 293 g/mol. The fraction of sp³-hybridized carbons (Fsp3) is 0.111. The van der Waals surface area contributed by atoms with Crippen LogP contribution in [-0.2, 0) is 6.54 Å². The van der Waals surface area contributed by atoms with Gasteiger partial charge in [-0.15, -0.1) is 10.2 Å². The second-order valence-corrected chi connectivity index (χ2v) is 3.99. The van der Waals surface area contributed by atoms with Gasteiger partial charge in [0.25, 0.3) is 5.91 Å². The summed E-state index contributed by atoms with van der Waals surface area (Å²) in [7, 11) is 0. The lowest BCUT2D eigenvalue weighted by Crippen LogP contribution is -2.23. The first-order valence-corrected chi connectivity index (χ1v) is 5.41. The van der Waals surface area contributed by atoms with Crippen molar-refractivity contribution in [2.75, 3.05) is 0 Å². The molecular formula is C9H7BrFN5O.